The maximum atomic E-state index is 13.4. The standard InChI is InChI=1S/C18H15FN4/c19-18-3-1-2-13(22-18)10-23-16-5-4-11(9-20)6-14(16)15-7-12(21)8-17(15)23/h1-6,12H,7-8,10,21H2. The molecule has 2 N–H and O–H groups in total. The van der Waals surface area contributed by atoms with Crippen molar-refractivity contribution in [3.05, 3.63) is 64.9 Å². The van der Waals surface area contributed by atoms with Gasteiger partial charge in [-0.15, -0.1) is 0 Å². The Balaban J connectivity index is 1.89. The minimum Gasteiger partial charge on any atom is -0.338 e. The zero-order chi connectivity index (χ0) is 16.0. The molecule has 1 aromatic carbocycles. The third-order valence-corrected chi connectivity index (χ3v) is 4.43. The number of benzene rings is 1. The number of fused-ring (bicyclic) bond motifs is 3. The molecule has 0 saturated carbocycles. The Morgan fingerprint density at radius 1 is 1.30 bits per heavy atom. The molecular formula is C18H15FN4. The first-order valence-corrected chi connectivity index (χ1v) is 7.57. The lowest BCUT2D eigenvalue weighted by atomic mass is 10.1. The molecule has 0 radical (unpaired) electrons. The van der Waals surface area contributed by atoms with Crippen LogP contribution < -0.4 is 5.73 Å². The van der Waals surface area contributed by atoms with E-state index in [2.05, 4.69) is 15.6 Å². The van der Waals surface area contributed by atoms with E-state index in [1.54, 1.807) is 6.07 Å². The first kappa shape index (κ1) is 13.9. The lowest BCUT2D eigenvalue weighted by Gasteiger charge is -2.10. The molecule has 23 heavy (non-hydrogen) atoms. The molecule has 2 aromatic heterocycles. The van der Waals surface area contributed by atoms with Gasteiger partial charge in [0.15, 0.2) is 0 Å². The molecule has 0 spiro atoms. The van der Waals surface area contributed by atoms with E-state index in [1.165, 1.54) is 17.3 Å². The number of nitriles is 1. The van der Waals surface area contributed by atoms with E-state index in [4.69, 9.17) is 11.0 Å². The number of nitrogens with two attached hydrogens (primary N) is 1. The first-order valence-electron chi connectivity index (χ1n) is 7.57. The van der Waals surface area contributed by atoms with Gasteiger partial charge >= 0.3 is 0 Å². The zero-order valence-electron chi connectivity index (χ0n) is 12.5. The summed E-state index contributed by atoms with van der Waals surface area (Å²) in [7, 11) is 0. The molecule has 4 rings (SSSR count). The number of nitrogens with zero attached hydrogens (tertiary/aromatic N) is 3. The Kier molecular flexibility index (Phi) is 3.14. The minimum absolute atomic E-state index is 0.0989. The van der Waals surface area contributed by atoms with Crippen molar-refractivity contribution in [2.24, 2.45) is 5.73 Å². The highest BCUT2D eigenvalue weighted by Crippen LogP contribution is 2.33. The second-order valence-electron chi connectivity index (χ2n) is 5.98. The zero-order valence-corrected chi connectivity index (χ0v) is 12.5. The summed E-state index contributed by atoms with van der Waals surface area (Å²) in [5.74, 6) is -0.473. The number of rotatable bonds is 2. The van der Waals surface area contributed by atoms with E-state index in [1.807, 2.05) is 24.3 Å². The molecule has 5 heteroatoms. The molecular weight excluding hydrogens is 291 g/mol. The van der Waals surface area contributed by atoms with Gasteiger partial charge in [-0.25, -0.2) is 4.98 Å². The first-order chi connectivity index (χ1) is 11.2. The average molecular weight is 306 g/mol. The van der Waals surface area contributed by atoms with Gasteiger partial charge in [0.25, 0.3) is 0 Å². The fourth-order valence-corrected chi connectivity index (χ4v) is 3.47. The number of pyridine rings is 1. The molecule has 3 aromatic rings. The second kappa shape index (κ2) is 5.18. The van der Waals surface area contributed by atoms with Gasteiger partial charge < -0.3 is 10.3 Å². The highest BCUT2D eigenvalue weighted by molar-refractivity contribution is 5.87. The van der Waals surface area contributed by atoms with E-state index in [0.717, 1.165) is 23.7 Å². The number of hydrogen-bond acceptors (Lipinski definition) is 3. The Morgan fingerprint density at radius 3 is 2.96 bits per heavy atom. The smallest absolute Gasteiger partial charge is 0.213 e. The summed E-state index contributed by atoms with van der Waals surface area (Å²) in [6.07, 6.45) is 1.60. The van der Waals surface area contributed by atoms with Crippen LogP contribution >= 0.6 is 0 Å². The molecule has 0 aliphatic heterocycles. The van der Waals surface area contributed by atoms with Gasteiger partial charge in [0.2, 0.25) is 5.95 Å². The molecule has 1 aliphatic rings. The van der Waals surface area contributed by atoms with Gasteiger partial charge in [0.05, 0.1) is 23.9 Å². The van der Waals surface area contributed by atoms with E-state index in [-0.39, 0.29) is 6.04 Å². The van der Waals surface area contributed by atoms with Crippen molar-refractivity contribution in [1.29, 1.82) is 5.26 Å². The molecule has 0 bridgehead atoms. The molecule has 0 fully saturated rings. The van der Waals surface area contributed by atoms with E-state index in [0.29, 0.717) is 17.8 Å². The van der Waals surface area contributed by atoms with Crippen molar-refractivity contribution >= 4 is 10.9 Å². The molecule has 0 saturated heterocycles. The lowest BCUT2D eigenvalue weighted by molar-refractivity contribution is 0.572. The quantitative estimate of drug-likeness (QED) is 0.740. The normalized spacial score (nSPS) is 16.5. The number of halogens is 1. The highest BCUT2D eigenvalue weighted by atomic mass is 19.1. The van der Waals surface area contributed by atoms with Gasteiger partial charge in [0, 0.05) is 29.1 Å². The molecule has 1 atom stereocenters. The highest BCUT2D eigenvalue weighted by Gasteiger charge is 2.26. The summed E-state index contributed by atoms with van der Waals surface area (Å²) >= 11 is 0. The third kappa shape index (κ3) is 2.28. The monoisotopic (exact) mass is 306 g/mol. The van der Waals surface area contributed by atoms with E-state index >= 15 is 0 Å². The lowest BCUT2D eigenvalue weighted by Crippen LogP contribution is -2.20. The summed E-state index contributed by atoms with van der Waals surface area (Å²) < 4.78 is 15.5. The average Bonchev–Trinajstić information content (AvgIpc) is 3.04. The predicted molar refractivity (Wildman–Crippen MR) is 85.3 cm³/mol. The van der Waals surface area contributed by atoms with Crippen LogP contribution in [0.4, 0.5) is 4.39 Å². The fourth-order valence-electron chi connectivity index (χ4n) is 3.47. The van der Waals surface area contributed by atoms with Crippen molar-refractivity contribution in [1.82, 2.24) is 9.55 Å². The minimum atomic E-state index is -0.473. The van der Waals surface area contributed by atoms with E-state index in [9.17, 15) is 4.39 Å². The van der Waals surface area contributed by atoms with Crippen molar-refractivity contribution in [2.45, 2.75) is 25.4 Å². The van der Waals surface area contributed by atoms with Crippen LogP contribution in [0, 0.1) is 17.3 Å². The van der Waals surface area contributed by atoms with Crippen LogP contribution in [0.1, 0.15) is 22.5 Å². The Labute approximate surface area is 133 Å². The van der Waals surface area contributed by atoms with Gasteiger partial charge in [0.1, 0.15) is 0 Å². The summed E-state index contributed by atoms with van der Waals surface area (Å²) in [5.41, 5.74) is 10.9. The molecule has 1 unspecified atom stereocenters. The molecule has 0 amide bonds. The van der Waals surface area contributed by atoms with Crippen LogP contribution in [-0.2, 0) is 19.4 Å². The maximum absolute atomic E-state index is 13.4. The van der Waals surface area contributed by atoms with Crippen molar-refractivity contribution in [3.63, 3.8) is 0 Å². The van der Waals surface area contributed by atoms with Crippen LogP contribution in [-0.4, -0.2) is 15.6 Å². The second-order valence-corrected chi connectivity index (χ2v) is 5.98. The molecule has 114 valence electrons. The third-order valence-electron chi connectivity index (χ3n) is 4.43. The van der Waals surface area contributed by atoms with Crippen LogP contribution in [0.2, 0.25) is 0 Å². The van der Waals surface area contributed by atoms with Gasteiger partial charge in [-0.3, -0.25) is 0 Å². The summed E-state index contributed by atoms with van der Waals surface area (Å²) in [6, 6.07) is 12.8. The van der Waals surface area contributed by atoms with Crippen LogP contribution in [0.5, 0.6) is 0 Å². The molecule has 4 nitrogen and oxygen atoms in total. The molecule has 1 aliphatic carbocycles. The molecule has 2 heterocycles. The van der Waals surface area contributed by atoms with E-state index < -0.39 is 5.95 Å². The van der Waals surface area contributed by atoms with Crippen LogP contribution in [0.15, 0.2) is 36.4 Å². The van der Waals surface area contributed by atoms with Crippen molar-refractivity contribution in [2.75, 3.05) is 0 Å². The summed E-state index contributed by atoms with van der Waals surface area (Å²) in [4.78, 5) is 3.96. The van der Waals surface area contributed by atoms with Crippen molar-refractivity contribution in [3.8, 4) is 6.07 Å². The fraction of sp³-hybridized carbons (Fsp3) is 0.222. The van der Waals surface area contributed by atoms with Gasteiger partial charge in [-0.2, -0.15) is 9.65 Å². The van der Waals surface area contributed by atoms with Gasteiger partial charge in [-0.1, -0.05) is 6.07 Å². The van der Waals surface area contributed by atoms with Crippen LogP contribution in [0.3, 0.4) is 0 Å². The Morgan fingerprint density at radius 2 is 2.17 bits per heavy atom. The number of aromatic nitrogens is 2. The Hall–Kier alpha value is -2.71. The number of hydrogen-bond donors (Lipinski definition) is 1. The summed E-state index contributed by atoms with van der Waals surface area (Å²) in [5, 5.41) is 10.2. The van der Waals surface area contributed by atoms with Gasteiger partial charge in [-0.05, 0) is 42.3 Å². The largest absolute Gasteiger partial charge is 0.338 e. The van der Waals surface area contributed by atoms with Crippen molar-refractivity contribution < 1.29 is 4.39 Å². The topological polar surface area (TPSA) is 67.6 Å². The SMILES string of the molecule is N#Cc1ccc2c(c1)c1c(n2Cc2cccc(F)n2)CC(N)C1. The summed E-state index contributed by atoms with van der Waals surface area (Å²) in [6.45, 7) is 0.502. The predicted octanol–water partition coefficient (Wildman–Crippen LogP) is 2.52. The van der Waals surface area contributed by atoms with Crippen LogP contribution in [0.25, 0.3) is 10.9 Å². The Bertz CT molecular complexity index is 952. The maximum Gasteiger partial charge on any atom is 0.213 e.